The van der Waals surface area contributed by atoms with Crippen LogP contribution in [0.15, 0.2) is 52.3 Å². The number of fused-ring (bicyclic) bond motifs is 3. The highest BCUT2D eigenvalue weighted by Crippen LogP contribution is 2.31. The van der Waals surface area contributed by atoms with Gasteiger partial charge in [-0.05, 0) is 42.5 Å². The fraction of sp³-hybridized carbons (Fsp3) is 0.385. The molecular formula is C26H33FN6O2. The molecule has 0 spiro atoms. The Balaban J connectivity index is 0.000000205. The molecule has 1 N–H and O–H groups in total. The Morgan fingerprint density at radius 3 is 2.66 bits per heavy atom. The second-order valence-electron chi connectivity index (χ2n) is 7.74. The van der Waals surface area contributed by atoms with Gasteiger partial charge in [0.1, 0.15) is 23.4 Å². The fourth-order valence-electron chi connectivity index (χ4n) is 3.98. The third-order valence-electron chi connectivity index (χ3n) is 5.70. The highest BCUT2D eigenvalue weighted by molar-refractivity contribution is 5.77. The summed E-state index contributed by atoms with van der Waals surface area (Å²) in [5.41, 5.74) is 3.40. The number of benzene rings is 1. The lowest BCUT2D eigenvalue weighted by Gasteiger charge is -2.16. The number of furan rings is 1. The van der Waals surface area contributed by atoms with Gasteiger partial charge in [0.25, 0.3) is 0 Å². The highest BCUT2D eigenvalue weighted by Gasteiger charge is 2.18. The largest absolute Gasteiger partial charge is 0.469 e. The van der Waals surface area contributed by atoms with Gasteiger partial charge in [0.2, 0.25) is 5.95 Å². The number of imidazole rings is 2. The van der Waals surface area contributed by atoms with Crippen molar-refractivity contribution >= 4 is 22.2 Å². The van der Waals surface area contributed by atoms with E-state index >= 15 is 0 Å². The van der Waals surface area contributed by atoms with Crippen LogP contribution in [0.3, 0.4) is 0 Å². The average molecular weight is 481 g/mol. The number of hydrogen-bond donors (Lipinski definition) is 1. The molecule has 186 valence electrons. The van der Waals surface area contributed by atoms with Gasteiger partial charge in [-0.1, -0.05) is 34.6 Å². The van der Waals surface area contributed by atoms with Crippen molar-refractivity contribution in [2.45, 2.75) is 59.8 Å². The van der Waals surface area contributed by atoms with Gasteiger partial charge in [-0.25, -0.2) is 19.2 Å². The number of H-pyrrole nitrogens is 1. The summed E-state index contributed by atoms with van der Waals surface area (Å²) in [4.78, 5) is 26.9. The summed E-state index contributed by atoms with van der Waals surface area (Å²) in [5, 5.41) is 0. The van der Waals surface area contributed by atoms with Crippen molar-refractivity contribution in [3.63, 3.8) is 0 Å². The molecule has 4 heterocycles. The molecule has 8 nitrogen and oxygen atoms in total. The maximum atomic E-state index is 13.4. The predicted molar refractivity (Wildman–Crippen MR) is 136 cm³/mol. The van der Waals surface area contributed by atoms with Crippen LogP contribution in [-0.4, -0.2) is 29.1 Å². The molecule has 0 bridgehead atoms. The van der Waals surface area contributed by atoms with Crippen LogP contribution in [-0.2, 0) is 13.5 Å². The quantitative estimate of drug-likeness (QED) is 0.322. The molecule has 1 unspecified atom stereocenters. The van der Waals surface area contributed by atoms with Gasteiger partial charge >= 0.3 is 5.69 Å². The predicted octanol–water partition coefficient (Wildman–Crippen LogP) is 5.91. The van der Waals surface area contributed by atoms with Crippen LogP contribution >= 0.6 is 0 Å². The molecule has 0 fully saturated rings. The zero-order valence-corrected chi connectivity index (χ0v) is 21.2. The van der Waals surface area contributed by atoms with Gasteiger partial charge in [-0.2, -0.15) is 4.98 Å². The number of aryl methyl sites for hydroxylation is 2. The van der Waals surface area contributed by atoms with Crippen molar-refractivity contribution in [3.8, 4) is 5.95 Å². The second kappa shape index (κ2) is 11.6. The van der Waals surface area contributed by atoms with E-state index in [0.29, 0.717) is 28.1 Å². The Kier molecular flexibility index (Phi) is 8.57. The minimum absolute atomic E-state index is 0.266. The van der Waals surface area contributed by atoms with Crippen LogP contribution in [0.5, 0.6) is 0 Å². The smallest absolute Gasteiger partial charge is 0.327 e. The minimum atomic E-state index is -0.362. The number of nitrogens with one attached hydrogen (secondary N) is 1. The summed E-state index contributed by atoms with van der Waals surface area (Å²) in [5.74, 6) is 1.91. The van der Waals surface area contributed by atoms with Crippen molar-refractivity contribution in [1.82, 2.24) is 29.1 Å². The fourth-order valence-corrected chi connectivity index (χ4v) is 3.98. The van der Waals surface area contributed by atoms with Crippen molar-refractivity contribution in [1.29, 1.82) is 0 Å². The van der Waals surface area contributed by atoms with Crippen LogP contribution in [0.1, 0.15) is 64.7 Å². The number of rotatable bonds is 1. The zero-order chi connectivity index (χ0) is 25.5. The first-order valence-electron chi connectivity index (χ1n) is 12.1. The standard InChI is InChI=1S/C13H9FN6O.C9H12O.2C2H6/c1-19-11-9(17-13(19)21)5-15-12(18-11)20-6-16-8-3-2-7(14)4-10(8)20;1-7-3-2-4-9-8(7)5-6-10-9;2*1-2/h2-6H,1H3,(H,17,21);5-7H,2-4H2,1H3;2*1-2H3. The molecule has 6 rings (SSSR count). The van der Waals surface area contributed by atoms with Crippen LogP contribution in [0.4, 0.5) is 4.39 Å². The normalized spacial score (nSPS) is 14.2. The van der Waals surface area contributed by atoms with Gasteiger partial charge in [-0.15, -0.1) is 0 Å². The Morgan fingerprint density at radius 2 is 1.91 bits per heavy atom. The van der Waals surface area contributed by atoms with Gasteiger partial charge in [0, 0.05) is 19.5 Å². The number of aromatic nitrogens is 6. The molecule has 5 aromatic rings. The highest BCUT2D eigenvalue weighted by atomic mass is 19.1. The summed E-state index contributed by atoms with van der Waals surface area (Å²) in [6.45, 7) is 10.3. The summed E-state index contributed by atoms with van der Waals surface area (Å²) in [6.07, 6.45) is 8.62. The van der Waals surface area contributed by atoms with Crippen molar-refractivity contribution in [2.75, 3.05) is 0 Å². The number of nitrogens with zero attached hydrogens (tertiary/aromatic N) is 5. The third kappa shape index (κ3) is 5.34. The van der Waals surface area contributed by atoms with E-state index in [1.54, 1.807) is 17.7 Å². The zero-order valence-electron chi connectivity index (χ0n) is 21.2. The molecule has 4 aromatic heterocycles. The molecular weight excluding hydrogens is 447 g/mol. The monoisotopic (exact) mass is 480 g/mol. The van der Waals surface area contributed by atoms with E-state index in [1.165, 1.54) is 53.4 Å². The molecule has 0 aliphatic heterocycles. The Morgan fingerprint density at radius 1 is 1.14 bits per heavy atom. The van der Waals surface area contributed by atoms with Gasteiger partial charge in [0.05, 0.1) is 23.5 Å². The van der Waals surface area contributed by atoms with Crippen LogP contribution in [0.25, 0.3) is 28.1 Å². The number of halogens is 1. The molecule has 0 radical (unpaired) electrons. The molecule has 1 aromatic carbocycles. The molecule has 0 saturated carbocycles. The van der Waals surface area contributed by atoms with E-state index < -0.39 is 0 Å². The molecule has 1 atom stereocenters. The minimum Gasteiger partial charge on any atom is -0.469 e. The van der Waals surface area contributed by atoms with E-state index in [-0.39, 0.29) is 11.5 Å². The molecule has 35 heavy (non-hydrogen) atoms. The summed E-state index contributed by atoms with van der Waals surface area (Å²) >= 11 is 0. The van der Waals surface area contributed by atoms with Gasteiger partial charge < -0.3 is 9.40 Å². The van der Waals surface area contributed by atoms with E-state index in [9.17, 15) is 9.18 Å². The maximum absolute atomic E-state index is 13.4. The van der Waals surface area contributed by atoms with E-state index in [0.717, 1.165) is 12.3 Å². The average Bonchev–Trinajstić information content (AvgIpc) is 3.60. The second-order valence-corrected chi connectivity index (χ2v) is 7.74. The molecule has 0 amide bonds. The van der Waals surface area contributed by atoms with Crippen molar-refractivity contribution in [2.24, 2.45) is 7.05 Å². The SMILES string of the molecule is CC.CC.CC1CCCc2occc21.Cn1c(=O)[nH]c2cnc(-n3cnc4ccc(F)cc43)nc21. The summed E-state index contributed by atoms with van der Waals surface area (Å²) in [7, 11) is 1.61. The molecule has 0 saturated heterocycles. The topological polar surface area (TPSA) is 94.5 Å². The molecule has 9 heteroatoms. The lowest BCUT2D eigenvalue weighted by Crippen LogP contribution is -2.12. The number of aromatic amines is 1. The summed E-state index contributed by atoms with van der Waals surface area (Å²) < 4.78 is 21.7. The lowest BCUT2D eigenvalue weighted by atomic mass is 9.89. The maximum Gasteiger partial charge on any atom is 0.327 e. The van der Waals surface area contributed by atoms with Crippen LogP contribution in [0.2, 0.25) is 0 Å². The van der Waals surface area contributed by atoms with Crippen molar-refractivity contribution in [3.05, 3.63) is 70.7 Å². The van der Waals surface area contributed by atoms with E-state index in [2.05, 4.69) is 32.9 Å². The third-order valence-corrected chi connectivity index (χ3v) is 5.70. The Bertz CT molecular complexity index is 1450. The van der Waals surface area contributed by atoms with E-state index in [1.807, 2.05) is 34.0 Å². The lowest BCUT2D eigenvalue weighted by molar-refractivity contribution is 0.459. The summed E-state index contributed by atoms with van der Waals surface area (Å²) in [6, 6.07) is 6.41. The molecule has 1 aliphatic rings. The first kappa shape index (κ1) is 25.9. The van der Waals surface area contributed by atoms with Crippen LogP contribution < -0.4 is 5.69 Å². The number of hydrogen-bond acceptors (Lipinski definition) is 5. The first-order chi connectivity index (χ1) is 17.0. The van der Waals surface area contributed by atoms with Gasteiger partial charge in [-0.3, -0.25) is 9.13 Å². The Labute approximate surface area is 203 Å². The van der Waals surface area contributed by atoms with E-state index in [4.69, 9.17) is 4.42 Å². The van der Waals surface area contributed by atoms with Crippen molar-refractivity contribution < 1.29 is 8.81 Å². The Hall–Kier alpha value is -3.75. The van der Waals surface area contributed by atoms with Gasteiger partial charge in [0.15, 0.2) is 5.65 Å². The first-order valence-corrected chi connectivity index (χ1v) is 12.1. The van der Waals surface area contributed by atoms with Crippen LogP contribution in [0, 0.1) is 5.82 Å². The molecule has 1 aliphatic carbocycles.